The molecule has 1 aliphatic heterocycles. The molecule has 3 heteroatoms. The van der Waals surface area contributed by atoms with Crippen LogP contribution in [-0.2, 0) is 11.2 Å². The molecule has 1 aromatic rings. The number of carbonyl (C=O) groups excluding carboxylic acids is 1. The van der Waals surface area contributed by atoms with Crippen LogP contribution in [0.5, 0.6) is 0 Å². The second-order valence-corrected chi connectivity index (χ2v) is 5.21. The van der Waals surface area contributed by atoms with Crippen LogP contribution < -0.4 is 10.6 Å². The monoisotopic (exact) mass is 260 g/mol. The van der Waals surface area contributed by atoms with Crippen molar-refractivity contribution in [3.8, 4) is 0 Å². The number of piperidine rings is 1. The van der Waals surface area contributed by atoms with Gasteiger partial charge in [0, 0.05) is 12.6 Å². The molecule has 3 nitrogen and oxygen atoms in total. The minimum absolute atomic E-state index is 0.0375. The van der Waals surface area contributed by atoms with Gasteiger partial charge in [-0.2, -0.15) is 0 Å². The first-order valence-electron chi connectivity index (χ1n) is 7.37. The Balaban J connectivity index is 2.04. The summed E-state index contributed by atoms with van der Waals surface area (Å²) >= 11 is 0. The lowest BCUT2D eigenvalue weighted by Crippen LogP contribution is -2.49. The second-order valence-electron chi connectivity index (χ2n) is 5.21. The zero-order valence-corrected chi connectivity index (χ0v) is 11.9. The summed E-state index contributed by atoms with van der Waals surface area (Å²) < 4.78 is 0. The van der Waals surface area contributed by atoms with Gasteiger partial charge in [0.25, 0.3) is 0 Å². The van der Waals surface area contributed by atoms with Crippen LogP contribution in [0, 0.1) is 0 Å². The first-order chi connectivity index (χ1) is 9.24. The molecule has 1 fully saturated rings. The number of carbonyl (C=O) groups is 1. The fourth-order valence-corrected chi connectivity index (χ4v) is 2.61. The third kappa shape index (κ3) is 3.57. The number of hydrogen-bond donors (Lipinski definition) is 2. The summed E-state index contributed by atoms with van der Waals surface area (Å²) in [5.74, 6) is 0.148. The maximum absolute atomic E-state index is 11.8. The molecule has 1 heterocycles. The molecule has 104 valence electrons. The molecule has 1 aliphatic rings. The van der Waals surface area contributed by atoms with Crippen LogP contribution in [-0.4, -0.2) is 18.5 Å². The van der Waals surface area contributed by atoms with E-state index in [0.717, 1.165) is 32.2 Å². The lowest BCUT2D eigenvalue weighted by molar-refractivity contribution is -0.124. The molecular weight excluding hydrogens is 236 g/mol. The van der Waals surface area contributed by atoms with Crippen molar-refractivity contribution in [1.82, 2.24) is 10.6 Å². The summed E-state index contributed by atoms with van der Waals surface area (Å²) in [7, 11) is 0. The molecular formula is C16H24N2O. The summed E-state index contributed by atoms with van der Waals surface area (Å²) in [6.45, 7) is 5.14. The highest BCUT2D eigenvalue weighted by molar-refractivity contribution is 5.82. The first kappa shape index (κ1) is 14.1. The molecule has 2 unspecified atom stereocenters. The third-order valence-electron chi connectivity index (χ3n) is 3.89. The minimum Gasteiger partial charge on any atom is -0.355 e. The molecule has 0 aromatic heterocycles. The smallest absolute Gasteiger partial charge is 0.237 e. The largest absolute Gasteiger partial charge is 0.355 e. The molecule has 0 bridgehead atoms. The van der Waals surface area contributed by atoms with E-state index in [9.17, 15) is 4.79 Å². The fraction of sp³-hybridized carbons (Fsp3) is 0.562. The molecule has 2 atom stereocenters. The molecule has 0 aliphatic carbocycles. The standard InChI is InChI=1S/C16H24N2O/c1-3-12-7-9-13(10-8-12)14(4-2)18-15-6-5-11-17-16(15)19/h7-10,14-15,18H,3-6,11H2,1-2H3,(H,17,19). The SMILES string of the molecule is CCc1ccc(C(CC)NC2CCCNC2=O)cc1. The number of amides is 1. The minimum atomic E-state index is -0.0375. The van der Waals surface area contributed by atoms with E-state index in [4.69, 9.17) is 0 Å². The van der Waals surface area contributed by atoms with Gasteiger partial charge in [0.2, 0.25) is 5.91 Å². The molecule has 0 radical (unpaired) electrons. The Morgan fingerprint density at radius 1 is 1.32 bits per heavy atom. The van der Waals surface area contributed by atoms with Gasteiger partial charge >= 0.3 is 0 Å². The van der Waals surface area contributed by atoms with Crippen molar-refractivity contribution in [3.63, 3.8) is 0 Å². The predicted octanol–water partition coefficient (Wildman–Crippen LogP) is 2.57. The molecule has 1 aromatic carbocycles. The van der Waals surface area contributed by atoms with E-state index >= 15 is 0 Å². The number of hydrogen-bond acceptors (Lipinski definition) is 2. The predicted molar refractivity (Wildman–Crippen MR) is 78.0 cm³/mol. The summed E-state index contributed by atoms with van der Waals surface area (Å²) in [6.07, 6.45) is 4.06. The van der Waals surface area contributed by atoms with Gasteiger partial charge in [-0.1, -0.05) is 38.1 Å². The van der Waals surface area contributed by atoms with Crippen LogP contribution in [0.15, 0.2) is 24.3 Å². The fourth-order valence-electron chi connectivity index (χ4n) is 2.61. The van der Waals surface area contributed by atoms with Gasteiger partial charge in [0.15, 0.2) is 0 Å². The lowest BCUT2D eigenvalue weighted by atomic mass is 9.99. The Hall–Kier alpha value is -1.35. The maximum atomic E-state index is 11.8. The normalized spacial score (nSPS) is 20.9. The molecule has 0 spiro atoms. The highest BCUT2D eigenvalue weighted by Gasteiger charge is 2.24. The average molecular weight is 260 g/mol. The highest BCUT2D eigenvalue weighted by Crippen LogP contribution is 2.19. The zero-order valence-electron chi connectivity index (χ0n) is 11.9. The Morgan fingerprint density at radius 2 is 2.05 bits per heavy atom. The summed E-state index contributed by atoms with van der Waals surface area (Å²) in [5.41, 5.74) is 2.63. The van der Waals surface area contributed by atoms with Crippen molar-refractivity contribution < 1.29 is 4.79 Å². The number of nitrogens with one attached hydrogen (secondary N) is 2. The van der Waals surface area contributed by atoms with Crippen LogP contribution in [0.3, 0.4) is 0 Å². The second kappa shape index (κ2) is 6.71. The van der Waals surface area contributed by atoms with Crippen LogP contribution in [0.1, 0.15) is 50.3 Å². The Labute approximate surface area is 115 Å². The topological polar surface area (TPSA) is 41.1 Å². The van der Waals surface area contributed by atoms with E-state index in [2.05, 4.69) is 48.7 Å². The maximum Gasteiger partial charge on any atom is 0.237 e. The van der Waals surface area contributed by atoms with Gasteiger partial charge < -0.3 is 5.32 Å². The zero-order chi connectivity index (χ0) is 13.7. The van der Waals surface area contributed by atoms with Gasteiger partial charge in [-0.25, -0.2) is 0 Å². The summed E-state index contributed by atoms with van der Waals surface area (Å²) in [4.78, 5) is 11.8. The van der Waals surface area contributed by atoms with Gasteiger partial charge in [-0.15, -0.1) is 0 Å². The Bertz CT molecular complexity index is 413. The van der Waals surface area contributed by atoms with E-state index in [1.807, 2.05) is 0 Å². The van der Waals surface area contributed by atoms with E-state index in [0.29, 0.717) is 0 Å². The van der Waals surface area contributed by atoms with Crippen molar-refractivity contribution >= 4 is 5.91 Å². The molecule has 1 saturated heterocycles. The molecule has 0 saturated carbocycles. The summed E-state index contributed by atoms with van der Waals surface area (Å²) in [6, 6.07) is 8.95. The number of rotatable bonds is 5. The first-order valence-corrected chi connectivity index (χ1v) is 7.37. The molecule has 19 heavy (non-hydrogen) atoms. The van der Waals surface area contributed by atoms with Crippen molar-refractivity contribution in [2.45, 2.75) is 51.6 Å². The van der Waals surface area contributed by atoms with Crippen LogP contribution in [0.2, 0.25) is 0 Å². The van der Waals surface area contributed by atoms with Crippen LogP contribution >= 0.6 is 0 Å². The van der Waals surface area contributed by atoms with E-state index < -0.39 is 0 Å². The lowest BCUT2D eigenvalue weighted by Gasteiger charge is -2.28. The van der Waals surface area contributed by atoms with Crippen LogP contribution in [0.25, 0.3) is 0 Å². The van der Waals surface area contributed by atoms with Gasteiger partial charge in [0.05, 0.1) is 6.04 Å². The Kier molecular flexibility index (Phi) is 4.97. The molecule has 1 amide bonds. The summed E-state index contributed by atoms with van der Waals surface area (Å²) in [5, 5.41) is 6.43. The van der Waals surface area contributed by atoms with Gasteiger partial charge in [-0.3, -0.25) is 10.1 Å². The van der Waals surface area contributed by atoms with Crippen molar-refractivity contribution in [1.29, 1.82) is 0 Å². The van der Waals surface area contributed by atoms with E-state index in [1.165, 1.54) is 11.1 Å². The van der Waals surface area contributed by atoms with Crippen molar-refractivity contribution in [3.05, 3.63) is 35.4 Å². The third-order valence-corrected chi connectivity index (χ3v) is 3.89. The van der Waals surface area contributed by atoms with Gasteiger partial charge in [0.1, 0.15) is 0 Å². The van der Waals surface area contributed by atoms with Crippen LogP contribution in [0.4, 0.5) is 0 Å². The van der Waals surface area contributed by atoms with E-state index in [1.54, 1.807) is 0 Å². The quantitative estimate of drug-likeness (QED) is 0.854. The van der Waals surface area contributed by atoms with Crippen molar-refractivity contribution in [2.24, 2.45) is 0 Å². The Morgan fingerprint density at radius 3 is 2.63 bits per heavy atom. The number of benzene rings is 1. The molecule has 2 N–H and O–H groups in total. The highest BCUT2D eigenvalue weighted by atomic mass is 16.2. The van der Waals surface area contributed by atoms with Crippen molar-refractivity contribution in [2.75, 3.05) is 6.54 Å². The molecule has 2 rings (SSSR count). The number of aryl methyl sites for hydroxylation is 1. The van der Waals surface area contributed by atoms with Gasteiger partial charge in [-0.05, 0) is 36.8 Å². The average Bonchev–Trinajstić information content (AvgIpc) is 2.47. The van der Waals surface area contributed by atoms with E-state index in [-0.39, 0.29) is 18.0 Å².